The first kappa shape index (κ1) is 10.6. The molecule has 1 aromatic rings. The van der Waals surface area contributed by atoms with Gasteiger partial charge in [0.1, 0.15) is 11.8 Å². The lowest BCUT2D eigenvalue weighted by atomic mass is 10.1. The lowest BCUT2D eigenvalue weighted by Crippen LogP contribution is -2.00. The van der Waals surface area contributed by atoms with Gasteiger partial charge in [-0.3, -0.25) is 0 Å². The smallest absolute Gasteiger partial charge is 0.140 e. The Morgan fingerprint density at radius 1 is 1.36 bits per heavy atom. The molecule has 0 unspecified atom stereocenters. The molecule has 0 spiro atoms. The summed E-state index contributed by atoms with van der Waals surface area (Å²) >= 11 is 0. The summed E-state index contributed by atoms with van der Waals surface area (Å²) in [6.45, 7) is 4.79. The van der Waals surface area contributed by atoms with Crippen LogP contribution in [0.1, 0.15) is 31.4 Å². The Hall–Kier alpha value is -1.49. The minimum atomic E-state index is 0.637. The van der Waals surface area contributed by atoms with Crippen molar-refractivity contribution in [3.63, 3.8) is 0 Å². The highest BCUT2D eigenvalue weighted by atomic mass is 16.5. The zero-order valence-corrected chi connectivity index (χ0v) is 8.71. The van der Waals surface area contributed by atoms with Gasteiger partial charge in [0.15, 0.2) is 0 Å². The van der Waals surface area contributed by atoms with Crippen molar-refractivity contribution in [3.05, 3.63) is 29.3 Å². The molecule has 0 fully saturated rings. The monoisotopic (exact) mass is 189 g/mol. The second-order valence-corrected chi connectivity index (χ2v) is 3.11. The number of para-hydroxylation sites is 1. The summed E-state index contributed by atoms with van der Waals surface area (Å²) < 4.78 is 5.58. The molecule has 0 N–H and O–H groups in total. The number of nitriles is 1. The van der Waals surface area contributed by atoms with Crippen LogP contribution in [0, 0.1) is 11.3 Å². The molecule has 0 aliphatic carbocycles. The fourth-order valence-electron chi connectivity index (χ4n) is 1.33. The second kappa shape index (κ2) is 5.29. The maximum Gasteiger partial charge on any atom is 0.140 e. The zero-order valence-electron chi connectivity index (χ0n) is 8.71. The van der Waals surface area contributed by atoms with Gasteiger partial charge in [0.2, 0.25) is 0 Å². The lowest BCUT2D eigenvalue weighted by molar-refractivity contribution is 0.313. The molecule has 0 radical (unpaired) electrons. The number of ether oxygens (including phenoxy) is 1. The van der Waals surface area contributed by atoms with Gasteiger partial charge in [0.25, 0.3) is 0 Å². The molecule has 1 rings (SSSR count). The predicted molar refractivity (Wildman–Crippen MR) is 56.3 cm³/mol. The highest BCUT2D eigenvalue weighted by Crippen LogP contribution is 2.23. The summed E-state index contributed by atoms with van der Waals surface area (Å²) in [7, 11) is 0. The molecule has 2 heteroatoms. The van der Waals surface area contributed by atoms with Crippen molar-refractivity contribution in [1.29, 1.82) is 5.26 Å². The van der Waals surface area contributed by atoms with Crippen LogP contribution >= 0.6 is 0 Å². The molecular weight excluding hydrogens is 174 g/mol. The van der Waals surface area contributed by atoms with Crippen molar-refractivity contribution < 1.29 is 4.74 Å². The van der Waals surface area contributed by atoms with Gasteiger partial charge in [0.05, 0.1) is 12.2 Å². The molecule has 2 nitrogen and oxygen atoms in total. The number of hydrogen-bond acceptors (Lipinski definition) is 2. The molecule has 0 atom stereocenters. The zero-order chi connectivity index (χ0) is 10.4. The van der Waals surface area contributed by atoms with E-state index in [-0.39, 0.29) is 0 Å². The van der Waals surface area contributed by atoms with Crippen molar-refractivity contribution in [1.82, 2.24) is 0 Å². The van der Waals surface area contributed by atoms with E-state index in [9.17, 15) is 0 Å². The highest BCUT2D eigenvalue weighted by Gasteiger charge is 2.07. The Bertz CT molecular complexity index is 339. The molecule has 74 valence electrons. The maximum atomic E-state index is 8.91. The van der Waals surface area contributed by atoms with Gasteiger partial charge >= 0.3 is 0 Å². The third-order valence-electron chi connectivity index (χ3n) is 2.05. The topological polar surface area (TPSA) is 33.0 Å². The van der Waals surface area contributed by atoms with Crippen LogP contribution in [0.15, 0.2) is 18.2 Å². The van der Waals surface area contributed by atoms with Crippen LogP contribution in [-0.2, 0) is 6.42 Å². The predicted octanol–water partition coefficient (Wildman–Crippen LogP) is 2.91. The molecule has 0 bridgehead atoms. The molecule has 0 heterocycles. The molecule has 0 saturated heterocycles. The van der Waals surface area contributed by atoms with Gasteiger partial charge in [-0.1, -0.05) is 26.0 Å². The van der Waals surface area contributed by atoms with Crippen LogP contribution in [0.2, 0.25) is 0 Å². The first-order chi connectivity index (χ1) is 6.83. The van der Waals surface area contributed by atoms with Crippen LogP contribution in [0.3, 0.4) is 0 Å². The number of aryl methyl sites for hydroxylation is 1. The summed E-state index contributed by atoms with van der Waals surface area (Å²) in [5, 5.41) is 8.91. The van der Waals surface area contributed by atoms with Crippen molar-refractivity contribution in [3.8, 4) is 11.8 Å². The van der Waals surface area contributed by atoms with Crippen molar-refractivity contribution in [2.45, 2.75) is 26.7 Å². The molecule has 0 aromatic heterocycles. The fourth-order valence-corrected chi connectivity index (χ4v) is 1.33. The third kappa shape index (κ3) is 2.26. The lowest BCUT2D eigenvalue weighted by Gasteiger charge is -2.10. The first-order valence-corrected chi connectivity index (χ1v) is 4.98. The Morgan fingerprint density at radius 2 is 2.14 bits per heavy atom. The van der Waals surface area contributed by atoms with Crippen LogP contribution in [0.25, 0.3) is 0 Å². The quantitative estimate of drug-likeness (QED) is 0.729. The molecule has 0 aliphatic heterocycles. The highest BCUT2D eigenvalue weighted by molar-refractivity contribution is 5.48. The van der Waals surface area contributed by atoms with E-state index in [1.54, 1.807) is 6.07 Å². The van der Waals surface area contributed by atoms with Gasteiger partial charge in [0, 0.05) is 0 Å². The average Bonchev–Trinajstić information content (AvgIpc) is 2.25. The number of hydrogen-bond donors (Lipinski definition) is 0. The van der Waals surface area contributed by atoms with E-state index in [0.29, 0.717) is 12.2 Å². The minimum absolute atomic E-state index is 0.637. The molecular formula is C12H15NO. The summed E-state index contributed by atoms with van der Waals surface area (Å²) in [5.41, 5.74) is 1.75. The van der Waals surface area contributed by atoms with E-state index < -0.39 is 0 Å². The van der Waals surface area contributed by atoms with Crippen LogP contribution < -0.4 is 4.74 Å². The van der Waals surface area contributed by atoms with Gasteiger partial charge in [-0.05, 0) is 24.5 Å². The molecule has 0 amide bonds. The molecule has 0 saturated carbocycles. The minimum Gasteiger partial charge on any atom is -0.492 e. The molecule has 0 aliphatic rings. The number of rotatable bonds is 4. The molecule has 1 aromatic carbocycles. The van der Waals surface area contributed by atoms with E-state index in [0.717, 1.165) is 24.2 Å². The van der Waals surface area contributed by atoms with E-state index >= 15 is 0 Å². The van der Waals surface area contributed by atoms with Gasteiger partial charge in [-0.2, -0.15) is 5.26 Å². The van der Waals surface area contributed by atoms with Gasteiger partial charge in [-0.25, -0.2) is 0 Å². The third-order valence-corrected chi connectivity index (χ3v) is 2.05. The molecule has 14 heavy (non-hydrogen) atoms. The van der Waals surface area contributed by atoms with Crippen LogP contribution in [-0.4, -0.2) is 6.61 Å². The summed E-state index contributed by atoms with van der Waals surface area (Å²) in [6.07, 6.45) is 1.86. The van der Waals surface area contributed by atoms with Crippen molar-refractivity contribution in [2.24, 2.45) is 0 Å². The van der Waals surface area contributed by atoms with Gasteiger partial charge in [-0.15, -0.1) is 0 Å². The Kier molecular flexibility index (Phi) is 4.00. The van der Waals surface area contributed by atoms with Gasteiger partial charge < -0.3 is 4.74 Å². The number of nitrogens with zero attached hydrogens (tertiary/aromatic N) is 1. The van der Waals surface area contributed by atoms with Crippen LogP contribution in [0.4, 0.5) is 0 Å². The maximum absolute atomic E-state index is 8.91. The number of benzene rings is 1. The summed E-state index contributed by atoms with van der Waals surface area (Å²) in [5.74, 6) is 0.763. The fraction of sp³-hybridized carbons (Fsp3) is 0.417. The van der Waals surface area contributed by atoms with Crippen molar-refractivity contribution in [2.75, 3.05) is 6.61 Å². The van der Waals surface area contributed by atoms with E-state index in [2.05, 4.69) is 19.9 Å². The Labute approximate surface area is 85.1 Å². The largest absolute Gasteiger partial charge is 0.492 e. The average molecular weight is 189 g/mol. The standard InChI is InChI=1S/C12H15NO/c1-3-8-14-12-10(4-2)6-5-7-11(12)9-13/h5-7H,3-4,8H2,1-2H3. The van der Waals surface area contributed by atoms with E-state index in [1.165, 1.54) is 0 Å². The second-order valence-electron chi connectivity index (χ2n) is 3.11. The Balaban J connectivity index is 3.01. The van der Waals surface area contributed by atoms with E-state index in [1.807, 2.05) is 12.1 Å². The van der Waals surface area contributed by atoms with Crippen LogP contribution in [0.5, 0.6) is 5.75 Å². The van der Waals surface area contributed by atoms with Crippen molar-refractivity contribution >= 4 is 0 Å². The SMILES string of the molecule is CCCOc1c(C#N)cccc1CC. The normalized spacial score (nSPS) is 9.50. The first-order valence-electron chi connectivity index (χ1n) is 4.98. The Morgan fingerprint density at radius 3 is 2.71 bits per heavy atom. The summed E-state index contributed by atoms with van der Waals surface area (Å²) in [6, 6.07) is 7.85. The summed E-state index contributed by atoms with van der Waals surface area (Å²) in [4.78, 5) is 0. The van der Waals surface area contributed by atoms with E-state index in [4.69, 9.17) is 10.00 Å².